The maximum Gasteiger partial charge on any atom is 0.304 e. The fourth-order valence-electron chi connectivity index (χ4n) is 6.19. The first-order chi connectivity index (χ1) is 23.6. The molecule has 1 fully saturated rings. The lowest BCUT2D eigenvalue weighted by Crippen LogP contribution is -2.35. The number of carbonyl (C=O) groups is 3. The van der Waals surface area contributed by atoms with E-state index in [-0.39, 0.29) is 29.2 Å². The van der Waals surface area contributed by atoms with E-state index in [4.69, 9.17) is 38.0 Å². The Morgan fingerprint density at radius 1 is 1.10 bits per heavy atom. The molecule has 2 aliphatic heterocycles. The summed E-state index contributed by atoms with van der Waals surface area (Å²) < 4.78 is 7.37. The number of anilines is 1. The smallest absolute Gasteiger partial charge is 0.304 e. The number of imidazole rings is 1. The molecule has 0 saturated carbocycles. The van der Waals surface area contributed by atoms with Crippen LogP contribution >= 0.6 is 23.2 Å². The van der Waals surface area contributed by atoms with Gasteiger partial charge < -0.3 is 30.4 Å². The van der Waals surface area contributed by atoms with Crippen LogP contribution in [0.25, 0.3) is 22.5 Å². The van der Waals surface area contributed by atoms with Crippen molar-refractivity contribution in [2.75, 3.05) is 32.1 Å². The van der Waals surface area contributed by atoms with E-state index in [2.05, 4.69) is 25.9 Å². The largest absolute Gasteiger partial charge is 0.481 e. The van der Waals surface area contributed by atoms with Crippen LogP contribution in [-0.4, -0.2) is 80.1 Å². The highest BCUT2D eigenvalue weighted by Crippen LogP contribution is 2.40. The molecule has 1 unspecified atom stereocenters. The summed E-state index contributed by atoms with van der Waals surface area (Å²) >= 11 is 13.8. The third-order valence-electron chi connectivity index (χ3n) is 8.77. The molecule has 0 bridgehead atoms. The molecular formula is C34H36Cl2N8O5. The van der Waals surface area contributed by atoms with Crippen molar-refractivity contribution in [3.8, 4) is 28.4 Å². The number of carbonyl (C=O) groups excluding carboxylic acids is 2. The molecule has 1 atom stereocenters. The van der Waals surface area contributed by atoms with Crippen LogP contribution in [0, 0.1) is 0 Å². The number of aliphatic carboxylic acids is 1. The molecule has 2 amide bonds. The minimum absolute atomic E-state index is 0.0466. The molecule has 1 saturated heterocycles. The Labute approximate surface area is 293 Å². The fourth-order valence-corrected chi connectivity index (χ4v) is 6.76. The van der Waals surface area contributed by atoms with Crippen molar-refractivity contribution in [2.24, 2.45) is 7.05 Å². The average molecular weight is 708 g/mol. The van der Waals surface area contributed by atoms with E-state index in [0.29, 0.717) is 84.7 Å². The van der Waals surface area contributed by atoms with Gasteiger partial charge in [0.2, 0.25) is 11.8 Å². The summed E-state index contributed by atoms with van der Waals surface area (Å²) in [7, 11) is 3.35. The molecule has 5 heterocycles. The molecule has 1 aromatic carbocycles. The normalized spacial score (nSPS) is 15.9. The van der Waals surface area contributed by atoms with Gasteiger partial charge in [0.05, 0.1) is 46.3 Å². The van der Waals surface area contributed by atoms with Crippen molar-refractivity contribution in [3.05, 3.63) is 75.4 Å². The molecule has 0 aliphatic carbocycles. The minimum Gasteiger partial charge on any atom is -0.481 e. The van der Waals surface area contributed by atoms with Crippen LogP contribution in [0.2, 0.25) is 10.0 Å². The van der Waals surface area contributed by atoms with Crippen LogP contribution in [-0.2, 0) is 36.1 Å². The monoisotopic (exact) mass is 706 g/mol. The molecule has 13 nitrogen and oxygen atoms in total. The zero-order valence-corrected chi connectivity index (χ0v) is 28.6. The van der Waals surface area contributed by atoms with Gasteiger partial charge in [0, 0.05) is 87.2 Å². The lowest BCUT2D eigenvalue weighted by atomic mass is 10.1. The summed E-state index contributed by atoms with van der Waals surface area (Å²) in [4.78, 5) is 51.8. The number of methoxy groups -OCH3 is 1. The van der Waals surface area contributed by atoms with Crippen molar-refractivity contribution in [1.82, 2.24) is 35.1 Å². The fraction of sp³-hybridized carbons (Fsp3) is 0.353. The quantitative estimate of drug-likeness (QED) is 0.167. The lowest BCUT2D eigenvalue weighted by Gasteiger charge is -2.25. The highest BCUT2D eigenvalue weighted by atomic mass is 35.5. The predicted molar refractivity (Wildman–Crippen MR) is 185 cm³/mol. The summed E-state index contributed by atoms with van der Waals surface area (Å²) in [6.07, 6.45) is 3.69. The van der Waals surface area contributed by atoms with Gasteiger partial charge in [-0.05, 0) is 24.6 Å². The average Bonchev–Trinajstić information content (AvgIpc) is 3.66. The zero-order chi connectivity index (χ0) is 34.7. The Morgan fingerprint density at radius 2 is 1.94 bits per heavy atom. The second kappa shape index (κ2) is 14.9. The van der Waals surface area contributed by atoms with Crippen LogP contribution in [0.3, 0.4) is 0 Å². The minimum atomic E-state index is -0.849. The first-order valence-electron chi connectivity index (χ1n) is 15.9. The molecule has 0 spiro atoms. The topological polar surface area (TPSA) is 164 Å². The summed E-state index contributed by atoms with van der Waals surface area (Å²) in [5, 5.41) is 18.8. The molecule has 3 aromatic heterocycles. The summed E-state index contributed by atoms with van der Waals surface area (Å²) in [6, 6.07) is 10.9. The predicted octanol–water partition coefficient (Wildman–Crippen LogP) is 4.31. The SMILES string of the molecule is COc1nc(-c2ccnc(-c3cccc(NC(=O)c4nc5c(n4C)CCN(CCC(=O)O)C5)c3Cl)c2Cl)ccc1CNCC1CCC(=O)N1. The molecule has 4 aromatic rings. The molecule has 49 heavy (non-hydrogen) atoms. The molecule has 15 heteroatoms. The van der Waals surface area contributed by atoms with E-state index >= 15 is 0 Å². The Kier molecular flexibility index (Phi) is 10.4. The van der Waals surface area contributed by atoms with E-state index in [1.165, 1.54) is 0 Å². The van der Waals surface area contributed by atoms with E-state index in [9.17, 15) is 14.4 Å². The first kappa shape index (κ1) is 34.3. The van der Waals surface area contributed by atoms with Gasteiger partial charge in [-0.2, -0.15) is 0 Å². The van der Waals surface area contributed by atoms with Crippen molar-refractivity contribution >= 4 is 46.7 Å². The third-order valence-corrected chi connectivity index (χ3v) is 9.56. The van der Waals surface area contributed by atoms with Gasteiger partial charge in [-0.3, -0.25) is 24.3 Å². The molecule has 2 aliphatic rings. The number of fused-ring (bicyclic) bond motifs is 1. The van der Waals surface area contributed by atoms with Gasteiger partial charge >= 0.3 is 5.97 Å². The van der Waals surface area contributed by atoms with E-state index in [1.807, 2.05) is 17.0 Å². The van der Waals surface area contributed by atoms with E-state index < -0.39 is 11.9 Å². The number of ether oxygens (including phenoxy) is 1. The maximum atomic E-state index is 13.5. The standard InChI is InChI=1S/C34H36Cl2N8O5/c1-43-26-11-14-44(15-12-28(46)47)18-25(26)40-32(43)33(48)41-24-5-3-4-22(29(24)35)31-30(36)21(10-13-38-31)23-8-6-19(34(42-23)49-2)16-37-17-20-7-9-27(45)39-20/h3-6,8,10,13,20,37H,7,9,11-12,14-18H2,1-2H3,(H,39,45)(H,41,48)(H,46,47). The van der Waals surface area contributed by atoms with Crippen LogP contribution in [0.15, 0.2) is 42.6 Å². The second-order valence-electron chi connectivity index (χ2n) is 12.0. The number of nitrogens with one attached hydrogen (secondary N) is 3. The number of amides is 2. The van der Waals surface area contributed by atoms with E-state index in [1.54, 1.807) is 49.2 Å². The number of hydrogen-bond acceptors (Lipinski definition) is 9. The molecule has 6 rings (SSSR count). The van der Waals surface area contributed by atoms with Crippen molar-refractivity contribution in [1.29, 1.82) is 0 Å². The Hall–Kier alpha value is -4.56. The molecule has 0 radical (unpaired) electrons. The summed E-state index contributed by atoms with van der Waals surface area (Å²) in [5.41, 5.74) is 5.06. The number of carboxylic acid groups (broad SMARTS) is 1. The van der Waals surface area contributed by atoms with Gasteiger partial charge in [-0.25, -0.2) is 9.97 Å². The summed E-state index contributed by atoms with van der Waals surface area (Å²) in [6.45, 7) is 2.74. The Morgan fingerprint density at radius 3 is 2.69 bits per heavy atom. The van der Waals surface area contributed by atoms with Crippen LogP contribution in [0.1, 0.15) is 46.8 Å². The Bertz CT molecular complexity index is 1920. The number of halogens is 2. The van der Waals surface area contributed by atoms with Gasteiger partial charge in [0.25, 0.3) is 5.91 Å². The third kappa shape index (κ3) is 7.54. The molecule has 256 valence electrons. The van der Waals surface area contributed by atoms with Gasteiger partial charge in [-0.1, -0.05) is 41.4 Å². The van der Waals surface area contributed by atoms with Gasteiger partial charge in [-0.15, -0.1) is 0 Å². The first-order valence-corrected chi connectivity index (χ1v) is 16.7. The second-order valence-corrected chi connectivity index (χ2v) is 12.8. The number of hydrogen-bond donors (Lipinski definition) is 4. The molecular weight excluding hydrogens is 671 g/mol. The van der Waals surface area contributed by atoms with Crippen molar-refractivity contribution in [2.45, 2.75) is 44.8 Å². The number of rotatable bonds is 12. The van der Waals surface area contributed by atoms with Gasteiger partial charge in [0.15, 0.2) is 5.82 Å². The number of nitrogens with zero attached hydrogens (tertiary/aromatic N) is 5. The van der Waals surface area contributed by atoms with Crippen molar-refractivity contribution in [3.63, 3.8) is 0 Å². The molecule has 4 N–H and O–H groups in total. The lowest BCUT2D eigenvalue weighted by molar-refractivity contribution is -0.137. The number of aromatic nitrogens is 4. The maximum absolute atomic E-state index is 13.5. The Balaban J connectivity index is 1.19. The van der Waals surface area contributed by atoms with Crippen LogP contribution in [0.5, 0.6) is 5.88 Å². The van der Waals surface area contributed by atoms with Gasteiger partial charge in [0.1, 0.15) is 0 Å². The number of pyridine rings is 2. The number of carboxylic acids is 1. The highest BCUT2D eigenvalue weighted by Gasteiger charge is 2.27. The van der Waals surface area contributed by atoms with Crippen LogP contribution in [0.4, 0.5) is 5.69 Å². The van der Waals surface area contributed by atoms with Crippen LogP contribution < -0.4 is 20.7 Å². The van der Waals surface area contributed by atoms with Crippen molar-refractivity contribution < 1.29 is 24.2 Å². The van der Waals surface area contributed by atoms with E-state index in [0.717, 1.165) is 23.4 Å². The highest BCUT2D eigenvalue weighted by molar-refractivity contribution is 6.39. The summed E-state index contributed by atoms with van der Waals surface area (Å²) in [5.74, 6) is -0.526. The number of benzene rings is 1. The zero-order valence-electron chi connectivity index (χ0n) is 27.1.